The normalized spacial score (nSPS) is 14.0. The van der Waals surface area contributed by atoms with Crippen molar-refractivity contribution in [1.29, 1.82) is 0 Å². The number of nitrogens with two attached hydrogens (primary N) is 4. The summed E-state index contributed by atoms with van der Waals surface area (Å²) in [5.41, 5.74) is 21.8. The summed E-state index contributed by atoms with van der Waals surface area (Å²) in [6.07, 6.45) is 1.10. The molecule has 0 radical (unpaired) electrons. The second-order valence-corrected chi connectivity index (χ2v) is 8.34. The number of aliphatic imine (C=N–C) groups is 1. The predicted molar refractivity (Wildman–Crippen MR) is 135 cm³/mol. The highest BCUT2D eigenvalue weighted by atomic mass is 32.1. The van der Waals surface area contributed by atoms with Gasteiger partial charge in [0.15, 0.2) is 5.96 Å². The van der Waals surface area contributed by atoms with Gasteiger partial charge in [-0.2, -0.15) is 12.6 Å². The minimum atomic E-state index is -1.30. The Morgan fingerprint density at radius 2 is 1.33 bits per heavy atom. The summed E-state index contributed by atoms with van der Waals surface area (Å²) in [6, 6.07) is -4.70. The van der Waals surface area contributed by atoms with Crippen LogP contribution < -0.4 is 38.9 Å². The molecule has 0 aliphatic carbocycles. The average molecular weight is 535 g/mol. The predicted octanol–water partition coefficient (Wildman–Crippen LogP) is -3.17. The van der Waals surface area contributed by atoms with Crippen molar-refractivity contribution in [2.45, 2.75) is 69.1 Å². The van der Waals surface area contributed by atoms with Gasteiger partial charge in [0.2, 0.25) is 17.7 Å². The Morgan fingerprint density at radius 3 is 1.81 bits per heavy atom. The first kappa shape index (κ1) is 32.9. The Kier molecular flexibility index (Phi) is 16.6. The Bertz CT molecular complexity index is 779. The molecule has 4 atom stereocenters. The lowest BCUT2D eigenvalue weighted by molar-refractivity contribution is -0.141. The third-order valence-corrected chi connectivity index (χ3v) is 5.33. The van der Waals surface area contributed by atoms with E-state index < -0.39 is 53.8 Å². The van der Waals surface area contributed by atoms with Crippen molar-refractivity contribution in [3.8, 4) is 0 Å². The van der Waals surface area contributed by atoms with E-state index in [-0.39, 0.29) is 50.4 Å². The van der Waals surface area contributed by atoms with Crippen LogP contribution in [0, 0.1) is 0 Å². The van der Waals surface area contributed by atoms with Crippen LogP contribution in [0.2, 0.25) is 0 Å². The standard InChI is InChI=1S/C20H38N8O7S/c21-8-2-1-4-12(26-16(31)11(22)6-7-15(29)30)17(32)27-13(5-3-9-25-20(23)24)18(33)28-14(10-36)19(34)35/h11-14,36H,1-10,21-22H2,(H,26,31)(H,27,32)(H,28,33)(H,29,30)(H,34,35)(H4,23,24,25). The molecule has 15 nitrogen and oxygen atoms in total. The second-order valence-electron chi connectivity index (χ2n) is 7.98. The van der Waals surface area contributed by atoms with Gasteiger partial charge in [0, 0.05) is 18.7 Å². The van der Waals surface area contributed by atoms with Crippen LogP contribution in [-0.2, 0) is 24.0 Å². The van der Waals surface area contributed by atoms with E-state index in [1.54, 1.807) is 0 Å². The van der Waals surface area contributed by atoms with Gasteiger partial charge in [0.25, 0.3) is 0 Å². The Morgan fingerprint density at radius 1 is 0.806 bits per heavy atom. The number of hydrogen-bond acceptors (Lipinski definition) is 9. The lowest BCUT2D eigenvalue weighted by Crippen LogP contribution is -2.57. The highest BCUT2D eigenvalue weighted by Crippen LogP contribution is 2.06. The Labute approximate surface area is 214 Å². The van der Waals surface area contributed by atoms with Crippen molar-refractivity contribution >= 4 is 48.2 Å². The highest BCUT2D eigenvalue weighted by Gasteiger charge is 2.29. The minimum absolute atomic E-state index is 0.0643. The van der Waals surface area contributed by atoms with Gasteiger partial charge < -0.3 is 49.1 Å². The summed E-state index contributed by atoms with van der Waals surface area (Å²) in [5, 5.41) is 25.3. The molecule has 0 bridgehead atoms. The number of amides is 3. The number of carbonyl (C=O) groups excluding carboxylic acids is 3. The maximum absolute atomic E-state index is 13.0. The number of rotatable bonds is 19. The molecule has 206 valence electrons. The minimum Gasteiger partial charge on any atom is -0.481 e. The number of thiol groups is 1. The van der Waals surface area contributed by atoms with Crippen LogP contribution in [0.4, 0.5) is 0 Å². The van der Waals surface area contributed by atoms with Crippen molar-refractivity contribution in [3.05, 3.63) is 0 Å². The smallest absolute Gasteiger partial charge is 0.327 e. The maximum atomic E-state index is 13.0. The Hall–Kier alpha value is -3.11. The second kappa shape index (κ2) is 18.2. The molecule has 0 heterocycles. The molecule has 0 fully saturated rings. The molecule has 0 aromatic rings. The molecule has 0 rings (SSSR count). The number of carboxylic acid groups (broad SMARTS) is 2. The number of aliphatic carboxylic acids is 2. The van der Waals surface area contributed by atoms with Crippen LogP contribution in [-0.4, -0.2) is 88.8 Å². The quantitative estimate of drug-likeness (QED) is 0.0341. The molecule has 4 unspecified atom stereocenters. The molecule has 0 aromatic heterocycles. The van der Waals surface area contributed by atoms with Gasteiger partial charge in [-0.15, -0.1) is 0 Å². The van der Waals surface area contributed by atoms with E-state index in [0.717, 1.165) is 0 Å². The van der Waals surface area contributed by atoms with E-state index in [0.29, 0.717) is 19.4 Å². The zero-order valence-electron chi connectivity index (χ0n) is 20.0. The van der Waals surface area contributed by atoms with Crippen molar-refractivity contribution in [3.63, 3.8) is 0 Å². The summed E-state index contributed by atoms with van der Waals surface area (Å²) in [4.78, 5) is 64.0. The van der Waals surface area contributed by atoms with Crippen molar-refractivity contribution in [2.24, 2.45) is 27.9 Å². The summed E-state index contributed by atoms with van der Waals surface area (Å²) < 4.78 is 0. The summed E-state index contributed by atoms with van der Waals surface area (Å²) in [5.74, 6) is -4.94. The van der Waals surface area contributed by atoms with Gasteiger partial charge in [-0.1, -0.05) is 0 Å². The van der Waals surface area contributed by atoms with Crippen LogP contribution in [0.1, 0.15) is 44.9 Å². The van der Waals surface area contributed by atoms with Crippen molar-refractivity contribution in [1.82, 2.24) is 16.0 Å². The fourth-order valence-electron chi connectivity index (χ4n) is 2.95. The monoisotopic (exact) mass is 534 g/mol. The van der Waals surface area contributed by atoms with Gasteiger partial charge in [-0.25, -0.2) is 4.79 Å². The van der Waals surface area contributed by atoms with E-state index in [9.17, 15) is 29.1 Å². The summed E-state index contributed by atoms with van der Waals surface area (Å²) in [6.45, 7) is 0.516. The van der Waals surface area contributed by atoms with Crippen LogP contribution in [0.5, 0.6) is 0 Å². The molecular formula is C20H38N8O7S. The van der Waals surface area contributed by atoms with Crippen molar-refractivity contribution in [2.75, 3.05) is 18.8 Å². The number of nitrogens with one attached hydrogen (secondary N) is 3. The fourth-order valence-corrected chi connectivity index (χ4v) is 3.20. The summed E-state index contributed by atoms with van der Waals surface area (Å²) >= 11 is 3.91. The molecular weight excluding hydrogens is 496 g/mol. The van der Waals surface area contributed by atoms with Crippen LogP contribution in [0.3, 0.4) is 0 Å². The van der Waals surface area contributed by atoms with E-state index in [1.165, 1.54) is 0 Å². The molecule has 16 heteroatoms. The zero-order chi connectivity index (χ0) is 27.7. The number of carbonyl (C=O) groups is 5. The molecule has 13 N–H and O–H groups in total. The first-order valence-electron chi connectivity index (χ1n) is 11.4. The summed E-state index contributed by atoms with van der Waals surface area (Å²) in [7, 11) is 0. The van der Waals surface area contributed by atoms with Gasteiger partial charge in [0.05, 0.1) is 6.04 Å². The third-order valence-electron chi connectivity index (χ3n) is 4.96. The molecule has 0 aromatic carbocycles. The third kappa shape index (κ3) is 14.3. The molecule has 36 heavy (non-hydrogen) atoms. The lowest BCUT2D eigenvalue weighted by Gasteiger charge is -2.25. The van der Waals surface area contributed by atoms with E-state index in [1.807, 2.05) is 0 Å². The first-order chi connectivity index (χ1) is 16.9. The van der Waals surface area contributed by atoms with E-state index in [2.05, 4.69) is 33.6 Å². The molecule has 0 saturated heterocycles. The van der Waals surface area contributed by atoms with Crippen LogP contribution >= 0.6 is 12.6 Å². The van der Waals surface area contributed by atoms with Crippen molar-refractivity contribution < 1.29 is 34.2 Å². The number of carboxylic acids is 2. The fraction of sp³-hybridized carbons (Fsp3) is 0.700. The zero-order valence-corrected chi connectivity index (χ0v) is 20.9. The largest absolute Gasteiger partial charge is 0.481 e. The number of hydrogen-bond donors (Lipinski definition) is 10. The van der Waals surface area contributed by atoms with Crippen LogP contribution in [0.25, 0.3) is 0 Å². The first-order valence-corrected chi connectivity index (χ1v) is 12.0. The van der Waals surface area contributed by atoms with Crippen LogP contribution in [0.15, 0.2) is 4.99 Å². The molecule has 3 amide bonds. The lowest BCUT2D eigenvalue weighted by atomic mass is 10.0. The number of unbranched alkanes of at least 4 members (excludes halogenated alkanes) is 1. The number of nitrogens with zero attached hydrogens (tertiary/aromatic N) is 1. The molecule has 0 aliphatic rings. The van der Waals surface area contributed by atoms with E-state index in [4.69, 9.17) is 28.0 Å². The molecule has 0 saturated carbocycles. The molecule has 0 aliphatic heterocycles. The van der Waals surface area contributed by atoms with Gasteiger partial charge in [-0.05, 0) is 45.1 Å². The van der Waals surface area contributed by atoms with Gasteiger partial charge >= 0.3 is 11.9 Å². The van der Waals surface area contributed by atoms with E-state index >= 15 is 0 Å². The average Bonchev–Trinajstić information content (AvgIpc) is 2.81. The van der Waals surface area contributed by atoms with Gasteiger partial charge in [0.1, 0.15) is 18.1 Å². The maximum Gasteiger partial charge on any atom is 0.327 e. The topological polar surface area (TPSA) is 278 Å². The highest BCUT2D eigenvalue weighted by molar-refractivity contribution is 7.80. The molecule has 0 spiro atoms. The van der Waals surface area contributed by atoms with Gasteiger partial charge in [-0.3, -0.25) is 24.2 Å². The SMILES string of the molecule is NCCCCC(NC(=O)C(N)CCC(=O)O)C(=O)NC(CCCN=C(N)N)C(=O)NC(CS)C(=O)O. The number of guanidine groups is 1. The Balaban J connectivity index is 5.52.